The third-order valence-electron chi connectivity index (χ3n) is 3.32. The fourth-order valence-electron chi connectivity index (χ4n) is 2.09. The number of rotatable bonds is 7. The van der Waals surface area contributed by atoms with Crippen molar-refractivity contribution in [3.63, 3.8) is 0 Å². The first-order chi connectivity index (χ1) is 11.1. The highest BCUT2D eigenvalue weighted by Crippen LogP contribution is 2.23. The summed E-state index contributed by atoms with van der Waals surface area (Å²) in [6, 6.07) is 15.4. The van der Waals surface area contributed by atoms with Gasteiger partial charge in [0.2, 0.25) is 6.17 Å². The van der Waals surface area contributed by atoms with Gasteiger partial charge < -0.3 is 15.2 Å². The lowest BCUT2D eigenvalue weighted by molar-refractivity contribution is -0.149. The maximum Gasteiger partial charge on any atom is 0.342 e. The number of ether oxygens (including phenoxy) is 2. The molecule has 0 saturated carbocycles. The van der Waals surface area contributed by atoms with Gasteiger partial charge >= 0.3 is 5.97 Å². The van der Waals surface area contributed by atoms with Crippen LogP contribution in [-0.2, 0) is 16.1 Å². The molecule has 2 aromatic rings. The Morgan fingerprint density at radius 2 is 1.91 bits per heavy atom. The van der Waals surface area contributed by atoms with Gasteiger partial charge in [0, 0.05) is 0 Å². The van der Waals surface area contributed by atoms with Crippen molar-refractivity contribution in [3.05, 3.63) is 65.7 Å². The summed E-state index contributed by atoms with van der Waals surface area (Å²) in [5.74, 6) is -0.381. The molecule has 0 aliphatic carbocycles. The van der Waals surface area contributed by atoms with Gasteiger partial charge in [-0.3, -0.25) is 0 Å². The maximum atomic E-state index is 14.0. The molecule has 0 amide bonds. The van der Waals surface area contributed by atoms with Crippen molar-refractivity contribution >= 4 is 5.97 Å². The van der Waals surface area contributed by atoms with Crippen LogP contribution in [0.3, 0.4) is 0 Å². The van der Waals surface area contributed by atoms with Crippen LogP contribution >= 0.6 is 0 Å². The van der Waals surface area contributed by atoms with Crippen LogP contribution in [0.1, 0.15) is 24.1 Å². The zero-order valence-corrected chi connectivity index (χ0v) is 12.9. The standard InChI is InChI=1S/C18H20FNO3/c1-2-22-18(21)16(19)17(20)14-9-6-10-15(11-14)23-12-13-7-4-3-5-8-13/h3-11,16-17H,2,12,20H2,1H3/t16?,17-/m1/s1. The van der Waals surface area contributed by atoms with E-state index in [1.807, 2.05) is 30.3 Å². The topological polar surface area (TPSA) is 61.5 Å². The Labute approximate surface area is 135 Å². The van der Waals surface area contributed by atoms with E-state index in [0.29, 0.717) is 17.9 Å². The molecule has 0 aliphatic heterocycles. The molecule has 0 aliphatic rings. The zero-order chi connectivity index (χ0) is 16.7. The van der Waals surface area contributed by atoms with Crippen LogP contribution in [-0.4, -0.2) is 18.7 Å². The van der Waals surface area contributed by atoms with E-state index in [1.165, 1.54) is 0 Å². The van der Waals surface area contributed by atoms with E-state index in [2.05, 4.69) is 4.74 Å². The van der Waals surface area contributed by atoms with Crippen LogP contribution in [0.25, 0.3) is 0 Å². The molecule has 0 bridgehead atoms. The number of halogens is 1. The lowest BCUT2D eigenvalue weighted by atomic mass is 10.0. The fourth-order valence-corrected chi connectivity index (χ4v) is 2.09. The molecule has 2 N–H and O–H groups in total. The Kier molecular flexibility index (Phi) is 6.11. The highest BCUT2D eigenvalue weighted by atomic mass is 19.1. The quantitative estimate of drug-likeness (QED) is 0.797. The fraction of sp³-hybridized carbons (Fsp3) is 0.278. The van der Waals surface area contributed by atoms with Crippen molar-refractivity contribution < 1.29 is 18.7 Å². The van der Waals surface area contributed by atoms with Gasteiger partial charge in [0.25, 0.3) is 0 Å². The number of carbonyl (C=O) groups is 1. The van der Waals surface area contributed by atoms with Crippen molar-refractivity contribution in [1.29, 1.82) is 0 Å². The van der Waals surface area contributed by atoms with Gasteiger partial charge in [-0.15, -0.1) is 0 Å². The van der Waals surface area contributed by atoms with Gasteiger partial charge in [-0.1, -0.05) is 42.5 Å². The molecule has 122 valence electrons. The number of hydrogen-bond donors (Lipinski definition) is 1. The summed E-state index contributed by atoms with van der Waals surface area (Å²) in [6.07, 6.45) is -1.90. The zero-order valence-electron chi connectivity index (χ0n) is 12.9. The Bertz CT molecular complexity index is 633. The van der Waals surface area contributed by atoms with Gasteiger partial charge in [-0.25, -0.2) is 9.18 Å². The molecular weight excluding hydrogens is 297 g/mol. The molecule has 4 nitrogen and oxygen atoms in total. The molecule has 0 saturated heterocycles. The second kappa shape index (κ2) is 8.29. The summed E-state index contributed by atoms with van der Waals surface area (Å²) >= 11 is 0. The highest BCUT2D eigenvalue weighted by Gasteiger charge is 2.27. The van der Waals surface area contributed by atoms with Gasteiger partial charge in [0.1, 0.15) is 12.4 Å². The van der Waals surface area contributed by atoms with Crippen LogP contribution in [0.15, 0.2) is 54.6 Å². The molecule has 0 radical (unpaired) electrons. The third kappa shape index (κ3) is 4.79. The van der Waals surface area contributed by atoms with Gasteiger partial charge in [0.05, 0.1) is 12.6 Å². The molecule has 0 heterocycles. The minimum Gasteiger partial charge on any atom is -0.489 e. The Morgan fingerprint density at radius 1 is 1.17 bits per heavy atom. The lowest BCUT2D eigenvalue weighted by Gasteiger charge is -2.17. The van der Waals surface area contributed by atoms with Crippen molar-refractivity contribution in [2.75, 3.05) is 6.61 Å². The SMILES string of the molecule is CCOC(=O)C(F)[C@H](N)c1cccc(OCc2ccccc2)c1. The number of nitrogens with two attached hydrogens (primary N) is 1. The largest absolute Gasteiger partial charge is 0.489 e. The number of carbonyl (C=O) groups excluding carboxylic acids is 1. The van der Waals surface area contributed by atoms with E-state index in [-0.39, 0.29) is 6.61 Å². The van der Waals surface area contributed by atoms with Crippen LogP contribution in [0.4, 0.5) is 4.39 Å². The minimum atomic E-state index is -1.90. The maximum absolute atomic E-state index is 14.0. The second-order valence-corrected chi connectivity index (χ2v) is 5.03. The van der Waals surface area contributed by atoms with Crippen LogP contribution in [0.5, 0.6) is 5.75 Å². The Hall–Kier alpha value is -2.40. The van der Waals surface area contributed by atoms with Crippen molar-refractivity contribution in [2.45, 2.75) is 25.7 Å². The van der Waals surface area contributed by atoms with E-state index in [4.69, 9.17) is 10.5 Å². The smallest absolute Gasteiger partial charge is 0.342 e. The number of benzene rings is 2. The summed E-state index contributed by atoms with van der Waals surface area (Å²) in [5.41, 5.74) is 7.32. The first kappa shape index (κ1) is 17.0. The molecule has 0 fully saturated rings. The molecule has 1 unspecified atom stereocenters. The molecule has 2 atom stereocenters. The number of esters is 1. The molecule has 23 heavy (non-hydrogen) atoms. The molecule has 2 aromatic carbocycles. The molecule has 5 heteroatoms. The predicted molar refractivity (Wildman–Crippen MR) is 85.7 cm³/mol. The Morgan fingerprint density at radius 3 is 2.61 bits per heavy atom. The van der Waals surface area contributed by atoms with Gasteiger partial charge in [-0.05, 0) is 30.2 Å². The number of hydrogen-bond acceptors (Lipinski definition) is 4. The van der Waals surface area contributed by atoms with Crippen LogP contribution < -0.4 is 10.5 Å². The number of alkyl halides is 1. The average Bonchev–Trinajstić information content (AvgIpc) is 2.60. The first-order valence-corrected chi connectivity index (χ1v) is 7.44. The summed E-state index contributed by atoms with van der Waals surface area (Å²) in [6.45, 7) is 2.14. The van der Waals surface area contributed by atoms with Gasteiger partial charge in [0.15, 0.2) is 0 Å². The summed E-state index contributed by atoms with van der Waals surface area (Å²) in [4.78, 5) is 11.4. The van der Waals surface area contributed by atoms with E-state index in [9.17, 15) is 9.18 Å². The summed E-state index contributed by atoms with van der Waals surface area (Å²) < 4.78 is 24.3. The second-order valence-electron chi connectivity index (χ2n) is 5.03. The molecule has 2 rings (SSSR count). The Balaban J connectivity index is 2.02. The average molecular weight is 317 g/mol. The molecular formula is C18H20FNO3. The van der Waals surface area contributed by atoms with E-state index in [1.54, 1.807) is 31.2 Å². The lowest BCUT2D eigenvalue weighted by Crippen LogP contribution is -2.31. The van der Waals surface area contributed by atoms with E-state index >= 15 is 0 Å². The predicted octanol–water partition coefficient (Wildman–Crippen LogP) is 3.17. The van der Waals surface area contributed by atoms with Crippen molar-refractivity contribution in [3.8, 4) is 5.75 Å². The van der Waals surface area contributed by atoms with Crippen LogP contribution in [0, 0.1) is 0 Å². The first-order valence-electron chi connectivity index (χ1n) is 7.44. The van der Waals surface area contributed by atoms with E-state index < -0.39 is 18.2 Å². The summed E-state index contributed by atoms with van der Waals surface area (Å²) in [7, 11) is 0. The van der Waals surface area contributed by atoms with Crippen LogP contribution in [0.2, 0.25) is 0 Å². The monoisotopic (exact) mass is 317 g/mol. The molecule has 0 spiro atoms. The molecule has 0 aromatic heterocycles. The van der Waals surface area contributed by atoms with Crippen molar-refractivity contribution in [1.82, 2.24) is 0 Å². The normalized spacial score (nSPS) is 13.2. The van der Waals surface area contributed by atoms with Crippen molar-refractivity contribution in [2.24, 2.45) is 5.73 Å². The minimum absolute atomic E-state index is 0.117. The highest BCUT2D eigenvalue weighted by molar-refractivity contribution is 5.75. The third-order valence-corrected chi connectivity index (χ3v) is 3.32. The summed E-state index contributed by atoms with van der Waals surface area (Å²) in [5, 5.41) is 0. The van der Waals surface area contributed by atoms with Gasteiger partial charge in [-0.2, -0.15) is 0 Å². The van der Waals surface area contributed by atoms with E-state index in [0.717, 1.165) is 5.56 Å².